The Labute approximate surface area is 124 Å². The average molecular weight is 291 g/mol. The molecule has 21 heavy (non-hydrogen) atoms. The number of carbonyl (C=O) groups excluding carboxylic acids is 2. The summed E-state index contributed by atoms with van der Waals surface area (Å²) in [6.07, 6.45) is 3.58. The minimum Gasteiger partial charge on any atom is -0.494 e. The van der Waals surface area contributed by atoms with E-state index >= 15 is 0 Å². The fraction of sp³-hybridized carbons (Fsp3) is 0.400. The molecule has 1 aromatic carbocycles. The summed E-state index contributed by atoms with van der Waals surface area (Å²) in [5.74, 6) is -0.686. The van der Waals surface area contributed by atoms with Gasteiger partial charge in [-0.1, -0.05) is 13.3 Å². The fourth-order valence-corrected chi connectivity index (χ4v) is 1.44. The molecule has 0 heterocycles. The second-order valence-corrected chi connectivity index (χ2v) is 4.33. The maximum Gasteiger partial charge on any atom is 0.329 e. The maximum atomic E-state index is 11.3. The molecule has 0 aliphatic rings. The van der Waals surface area contributed by atoms with E-state index in [-0.39, 0.29) is 0 Å². The van der Waals surface area contributed by atoms with Crippen LogP contribution in [-0.4, -0.2) is 31.2 Å². The molecule has 6 heteroatoms. The van der Waals surface area contributed by atoms with Gasteiger partial charge in [0.25, 0.3) is 0 Å². The highest BCUT2D eigenvalue weighted by atomic mass is 16.5. The molecule has 0 radical (unpaired) electrons. The van der Waals surface area contributed by atoms with Crippen molar-refractivity contribution in [2.24, 2.45) is 5.10 Å². The minimum absolute atomic E-state index is 0.398. The van der Waals surface area contributed by atoms with Gasteiger partial charge in [-0.05, 0) is 43.2 Å². The highest BCUT2D eigenvalue weighted by Gasteiger charge is 2.09. The summed E-state index contributed by atoms with van der Waals surface area (Å²) in [7, 11) is 0. The smallest absolute Gasteiger partial charge is 0.329 e. The number of nitrogens with zero attached hydrogens (tertiary/aromatic N) is 1. The van der Waals surface area contributed by atoms with Gasteiger partial charge in [0, 0.05) is 6.54 Å². The Bertz CT molecular complexity index is 483. The second-order valence-electron chi connectivity index (χ2n) is 4.33. The number of hydrogen-bond acceptors (Lipinski definition) is 4. The van der Waals surface area contributed by atoms with Crippen molar-refractivity contribution in [3.8, 4) is 5.75 Å². The van der Waals surface area contributed by atoms with E-state index < -0.39 is 11.8 Å². The molecule has 0 atom stereocenters. The van der Waals surface area contributed by atoms with Crippen molar-refractivity contribution in [2.75, 3.05) is 13.2 Å². The molecule has 0 fully saturated rings. The van der Waals surface area contributed by atoms with Gasteiger partial charge in [0.2, 0.25) is 0 Å². The number of nitrogens with one attached hydrogen (secondary N) is 2. The number of hydrazone groups is 1. The zero-order valence-corrected chi connectivity index (χ0v) is 12.4. The lowest BCUT2D eigenvalue weighted by Gasteiger charge is -2.04. The first kappa shape index (κ1) is 16.7. The minimum atomic E-state index is -0.785. The Morgan fingerprint density at radius 1 is 1.19 bits per heavy atom. The number of unbranched alkanes of at least 4 members (excludes halogenated alkanes) is 1. The van der Waals surface area contributed by atoms with Crippen LogP contribution < -0.4 is 15.5 Å². The lowest BCUT2D eigenvalue weighted by molar-refractivity contribution is -0.139. The molecule has 0 bridgehead atoms. The van der Waals surface area contributed by atoms with Gasteiger partial charge in [0.05, 0.1) is 12.8 Å². The van der Waals surface area contributed by atoms with E-state index in [0.717, 1.165) is 24.2 Å². The van der Waals surface area contributed by atoms with Crippen LogP contribution in [0.15, 0.2) is 29.4 Å². The first-order valence-corrected chi connectivity index (χ1v) is 7.01. The Morgan fingerprint density at radius 2 is 1.90 bits per heavy atom. The van der Waals surface area contributed by atoms with Crippen molar-refractivity contribution in [3.05, 3.63) is 29.8 Å². The summed E-state index contributed by atoms with van der Waals surface area (Å²) in [5, 5.41) is 6.11. The molecule has 0 aliphatic carbocycles. The topological polar surface area (TPSA) is 79.8 Å². The highest BCUT2D eigenvalue weighted by molar-refractivity contribution is 6.35. The first-order chi connectivity index (χ1) is 10.2. The van der Waals surface area contributed by atoms with Crippen molar-refractivity contribution in [1.82, 2.24) is 10.7 Å². The van der Waals surface area contributed by atoms with E-state index in [4.69, 9.17) is 4.74 Å². The van der Waals surface area contributed by atoms with Crippen LogP contribution >= 0.6 is 0 Å². The molecular formula is C15H21N3O3. The van der Waals surface area contributed by atoms with Crippen molar-refractivity contribution in [1.29, 1.82) is 0 Å². The van der Waals surface area contributed by atoms with Crippen LogP contribution in [0.25, 0.3) is 0 Å². The normalized spacial score (nSPS) is 10.4. The van der Waals surface area contributed by atoms with E-state index in [1.807, 2.05) is 24.3 Å². The van der Waals surface area contributed by atoms with Gasteiger partial charge < -0.3 is 10.1 Å². The maximum absolute atomic E-state index is 11.3. The largest absolute Gasteiger partial charge is 0.494 e. The molecule has 0 saturated heterocycles. The Kier molecular flexibility index (Phi) is 7.56. The van der Waals surface area contributed by atoms with Crippen LogP contribution in [0.4, 0.5) is 0 Å². The Morgan fingerprint density at radius 3 is 2.52 bits per heavy atom. The van der Waals surface area contributed by atoms with Crippen molar-refractivity contribution >= 4 is 18.0 Å². The predicted molar refractivity (Wildman–Crippen MR) is 81.3 cm³/mol. The van der Waals surface area contributed by atoms with Crippen LogP contribution in [0.5, 0.6) is 5.75 Å². The third kappa shape index (κ3) is 6.56. The standard InChI is InChI=1S/C15H21N3O3/c1-3-5-10-21-13-8-6-12(7-9-13)11-17-18-15(20)14(19)16-4-2/h6-9,11H,3-5,10H2,1-2H3,(H,16,19)(H,18,20). The van der Waals surface area contributed by atoms with Crippen molar-refractivity contribution in [3.63, 3.8) is 0 Å². The summed E-state index contributed by atoms with van der Waals surface area (Å²) < 4.78 is 5.54. The number of likely N-dealkylation sites (N-methyl/N-ethyl adjacent to an activating group) is 1. The molecule has 0 aliphatic heterocycles. The number of hydrogen-bond donors (Lipinski definition) is 2. The molecule has 6 nitrogen and oxygen atoms in total. The lowest BCUT2D eigenvalue weighted by atomic mass is 10.2. The summed E-state index contributed by atoms with van der Waals surface area (Å²) in [4.78, 5) is 22.4. The van der Waals surface area contributed by atoms with Gasteiger partial charge in [-0.15, -0.1) is 0 Å². The van der Waals surface area contributed by atoms with Gasteiger partial charge in [-0.3, -0.25) is 9.59 Å². The summed E-state index contributed by atoms with van der Waals surface area (Å²) in [5.41, 5.74) is 2.96. The van der Waals surface area contributed by atoms with Gasteiger partial charge in [0.1, 0.15) is 5.75 Å². The Balaban J connectivity index is 2.42. The quantitative estimate of drug-likeness (QED) is 0.345. The second kappa shape index (κ2) is 9.52. The SMILES string of the molecule is CCCCOc1ccc(C=NNC(=O)C(=O)NCC)cc1. The molecule has 0 unspecified atom stereocenters. The average Bonchev–Trinajstić information content (AvgIpc) is 2.49. The highest BCUT2D eigenvalue weighted by Crippen LogP contribution is 2.11. The lowest BCUT2D eigenvalue weighted by Crippen LogP contribution is -2.37. The van der Waals surface area contributed by atoms with E-state index in [0.29, 0.717) is 13.2 Å². The number of benzene rings is 1. The summed E-state index contributed by atoms with van der Waals surface area (Å²) in [6, 6.07) is 7.32. The number of carbonyl (C=O) groups is 2. The molecule has 1 rings (SSSR count). The zero-order chi connectivity index (χ0) is 15.5. The van der Waals surface area contributed by atoms with Gasteiger partial charge in [-0.2, -0.15) is 5.10 Å². The van der Waals surface area contributed by atoms with Gasteiger partial charge in [-0.25, -0.2) is 5.43 Å². The fourth-order valence-electron chi connectivity index (χ4n) is 1.44. The molecule has 114 valence electrons. The van der Waals surface area contributed by atoms with Crippen molar-refractivity contribution in [2.45, 2.75) is 26.7 Å². The van der Waals surface area contributed by atoms with E-state index in [1.54, 1.807) is 6.92 Å². The predicted octanol–water partition coefficient (Wildman–Crippen LogP) is 1.45. The van der Waals surface area contributed by atoms with Gasteiger partial charge >= 0.3 is 11.8 Å². The number of amides is 2. The number of ether oxygens (including phenoxy) is 1. The number of rotatable bonds is 7. The summed E-state index contributed by atoms with van der Waals surface area (Å²) in [6.45, 7) is 4.94. The molecular weight excluding hydrogens is 270 g/mol. The van der Waals surface area contributed by atoms with Crippen molar-refractivity contribution < 1.29 is 14.3 Å². The molecule has 0 aromatic heterocycles. The van der Waals surface area contributed by atoms with Gasteiger partial charge in [0.15, 0.2) is 0 Å². The Hall–Kier alpha value is -2.37. The van der Waals surface area contributed by atoms with E-state index in [1.165, 1.54) is 6.21 Å². The van der Waals surface area contributed by atoms with E-state index in [2.05, 4.69) is 22.8 Å². The molecule has 2 N–H and O–H groups in total. The van der Waals surface area contributed by atoms with E-state index in [9.17, 15) is 9.59 Å². The van der Waals surface area contributed by atoms with Crippen LogP contribution in [0.3, 0.4) is 0 Å². The van der Waals surface area contributed by atoms with Crippen LogP contribution in [0.1, 0.15) is 32.3 Å². The zero-order valence-electron chi connectivity index (χ0n) is 12.4. The van der Waals surface area contributed by atoms with Crippen LogP contribution in [-0.2, 0) is 9.59 Å². The molecule has 1 aromatic rings. The third-order valence-corrected chi connectivity index (χ3v) is 2.57. The molecule has 0 spiro atoms. The molecule has 2 amide bonds. The van der Waals surface area contributed by atoms with Crippen LogP contribution in [0.2, 0.25) is 0 Å². The third-order valence-electron chi connectivity index (χ3n) is 2.57. The van der Waals surface area contributed by atoms with Crippen LogP contribution in [0, 0.1) is 0 Å². The molecule has 0 saturated carbocycles. The first-order valence-electron chi connectivity index (χ1n) is 7.01. The monoisotopic (exact) mass is 291 g/mol. The summed E-state index contributed by atoms with van der Waals surface area (Å²) >= 11 is 0.